The van der Waals surface area contributed by atoms with Gasteiger partial charge in [-0.25, -0.2) is 0 Å². The van der Waals surface area contributed by atoms with E-state index in [1.165, 1.54) is 37.1 Å². The second kappa shape index (κ2) is 7.65. The number of piperidine rings is 1. The Kier molecular flexibility index (Phi) is 6.51. The third-order valence-electron chi connectivity index (χ3n) is 3.73. The van der Waals surface area contributed by atoms with Crippen molar-refractivity contribution < 1.29 is 0 Å². The SMILES string of the molecule is CCN(CC)c1ccc([C@H]2CCCCN2)cc1.Cl. The van der Waals surface area contributed by atoms with Crippen LogP contribution in [-0.2, 0) is 0 Å². The van der Waals surface area contributed by atoms with E-state index < -0.39 is 0 Å². The molecule has 1 aromatic rings. The lowest BCUT2D eigenvalue weighted by molar-refractivity contribution is 0.412. The van der Waals surface area contributed by atoms with Crippen LogP contribution in [0.3, 0.4) is 0 Å². The Morgan fingerprint density at radius 3 is 2.28 bits per heavy atom. The van der Waals surface area contributed by atoms with Gasteiger partial charge in [0.25, 0.3) is 0 Å². The van der Waals surface area contributed by atoms with E-state index in [2.05, 4.69) is 48.3 Å². The first kappa shape index (κ1) is 15.3. The van der Waals surface area contributed by atoms with Crippen LogP contribution < -0.4 is 10.2 Å². The Hall–Kier alpha value is -0.730. The van der Waals surface area contributed by atoms with E-state index in [-0.39, 0.29) is 12.4 Å². The first-order valence-corrected chi connectivity index (χ1v) is 6.93. The summed E-state index contributed by atoms with van der Waals surface area (Å²) in [6, 6.07) is 9.68. The Morgan fingerprint density at radius 1 is 1.11 bits per heavy atom. The van der Waals surface area contributed by atoms with Crippen molar-refractivity contribution in [1.82, 2.24) is 5.32 Å². The van der Waals surface area contributed by atoms with E-state index in [9.17, 15) is 0 Å². The smallest absolute Gasteiger partial charge is 0.0366 e. The fourth-order valence-corrected chi connectivity index (χ4v) is 2.64. The van der Waals surface area contributed by atoms with E-state index in [0.29, 0.717) is 6.04 Å². The zero-order valence-electron chi connectivity index (χ0n) is 11.5. The summed E-state index contributed by atoms with van der Waals surface area (Å²) < 4.78 is 0. The fraction of sp³-hybridized carbons (Fsp3) is 0.600. The van der Waals surface area contributed by atoms with E-state index in [1.807, 2.05) is 0 Å². The molecule has 2 nitrogen and oxygen atoms in total. The third-order valence-corrected chi connectivity index (χ3v) is 3.73. The summed E-state index contributed by atoms with van der Waals surface area (Å²) in [7, 11) is 0. The number of nitrogens with zero attached hydrogens (tertiary/aromatic N) is 1. The van der Waals surface area contributed by atoms with Crippen molar-refractivity contribution in [3.05, 3.63) is 29.8 Å². The molecule has 18 heavy (non-hydrogen) atoms. The predicted octanol–water partition coefficient (Wildman–Crippen LogP) is 3.77. The van der Waals surface area contributed by atoms with Crippen LogP contribution in [0.5, 0.6) is 0 Å². The van der Waals surface area contributed by atoms with Crippen LogP contribution in [0.15, 0.2) is 24.3 Å². The Bertz CT molecular complexity index is 327. The summed E-state index contributed by atoms with van der Waals surface area (Å²) in [5, 5.41) is 3.60. The number of hydrogen-bond donors (Lipinski definition) is 1. The molecule has 1 fully saturated rings. The van der Waals surface area contributed by atoms with Crippen LogP contribution in [0.1, 0.15) is 44.7 Å². The molecule has 1 aromatic carbocycles. The molecule has 1 atom stereocenters. The lowest BCUT2D eigenvalue weighted by Gasteiger charge is -2.25. The Balaban J connectivity index is 0.00000162. The second-order valence-electron chi connectivity index (χ2n) is 4.77. The molecule has 0 spiro atoms. The van der Waals surface area contributed by atoms with Crippen LogP contribution in [0.25, 0.3) is 0 Å². The Morgan fingerprint density at radius 2 is 1.78 bits per heavy atom. The molecule has 2 rings (SSSR count). The van der Waals surface area contributed by atoms with Gasteiger partial charge in [0.05, 0.1) is 0 Å². The highest BCUT2D eigenvalue weighted by Crippen LogP contribution is 2.25. The van der Waals surface area contributed by atoms with Gasteiger partial charge in [0.1, 0.15) is 0 Å². The van der Waals surface area contributed by atoms with Crippen molar-refractivity contribution in [3.8, 4) is 0 Å². The minimum Gasteiger partial charge on any atom is -0.372 e. The second-order valence-corrected chi connectivity index (χ2v) is 4.77. The van der Waals surface area contributed by atoms with Crippen LogP contribution in [0.2, 0.25) is 0 Å². The number of nitrogens with one attached hydrogen (secondary N) is 1. The summed E-state index contributed by atoms with van der Waals surface area (Å²) in [5.41, 5.74) is 2.79. The monoisotopic (exact) mass is 268 g/mol. The van der Waals surface area contributed by atoms with E-state index in [1.54, 1.807) is 0 Å². The molecule has 0 unspecified atom stereocenters. The molecule has 1 aliphatic heterocycles. The zero-order chi connectivity index (χ0) is 12.1. The van der Waals surface area contributed by atoms with Gasteiger partial charge in [0.15, 0.2) is 0 Å². The highest BCUT2D eigenvalue weighted by atomic mass is 35.5. The van der Waals surface area contributed by atoms with Gasteiger partial charge in [-0.05, 0) is 50.9 Å². The van der Waals surface area contributed by atoms with Gasteiger partial charge in [-0.2, -0.15) is 0 Å². The predicted molar refractivity (Wildman–Crippen MR) is 81.8 cm³/mol. The fourth-order valence-electron chi connectivity index (χ4n) is 2.64. The maximum Gasteiger partial charge on any atom is 0.0366 e. The van der Waals surface area contributed by atoms with Gasteiger partial charge in [0.2, 0.25) is 0 Å². The molecular formula is C15H25ClN2. The summed E-state index contributed by atoms with van der Waals surface area (Å²) in [6.45, 7) is 7.75. The van der Waals surface area contributed by atoms with Crippen molar-refractivity contribution in [2.45, 2.75) is 39.2 Å². The van der Waals surface area contributed by atoms with Gasteiger partial charge in [-0.15, -0.1) is 12.4 Å². The van der Waals surface area contributed by atoms with Crippen molar-refractivity contribution in [2.75, 3.05) is 24.5 Å². The molecule has 0 bridgehead atoms. The minimum absolute atomic E-state index is 0. The molecule has 0 aliphatic carbocycles. The maximum absolute atomic E-state index is 3.60. The number of hydrogen-bond acceptors (Lipinski definition) is 2. The summed E-state index contributed by atoms with van der Waals surface area (Å²) in [6.07, 6.45) is 3.97. The highest BCUT2D eigenvalue weighted by molar-refractivity contribution is 5.85. The molecule has 0 aromatic heterocycles. The third kappa shape index (κ3) is 3.63. The van der Waals surface area contributed by atoms with Gasteiger partial charge in [-0.3, -0.25) is 0 Å². The number of rotatable bonds is 4. The molecule has 1 heterocycles. The molecule has 0 amide bonds. The average Bonchev–Trinajstić information content (AvgIpc) is 2.42. The molecule has 1 N–H and O–H groups in total. The normalized spacial score (nSPS) is 19.1. The van der Waals surface area contributed by atoms with Crippen molar-refractivity contribution in [2.24, 2.45) is 0 Å². The lowest BCUT2D eigenvalue weighted by Crippen LogP contribution is -2.27. The summed E-state index contributed by atoms with van der Waals surface area (Å²) in [4.78, 5) is 2.39. The number of halogens is 1. The van der Waals surface area contributed by atoms with Crippen LogP contribution in [0.4, 0.5) is 5.69 Å². The topological polar surface area (TPSA) is 15.3 Å². The zero-order valence-corrected chi connectivity index (χ0v) is 12.3. The number of benzene rings is 1. The van der Waals surface area contributed by atoms with Crippen molar-refractivity contribution >= 4 is 18.1 Å². The molecule has 1 aliphatic rings. The number of anilines is 1. The highest BCUT2D eigenvalue weighted by Gasteiger charge is 2.14. The molecule has 3 heteroatoms. The van der Waals surface area contributed by atoms with Crippen LogP contribution >= 0.6 is 12.4 Å². The Labute approximate surface area is 117 Å². The van der Waals surface area contributed by atoms with Crippen molar-refractivity contribution in [3.63, 3.8) is 0 Å². The van der Waals surface area contributed by atoms with E-state index in [0.717, 1.165) is 13.1 Å². The van der Waals surface area contributed by atoms with Gasteiger partial charge in [0, 0.05) is 24.8 Å². The van der Waals surface area contributed by atoms with E-state index in [4.69, 9.17) is 0 Å². The molecular weight excluding hydrogens is 244 g/mol. The average molecular weight is 269 g/mol. The molecule has 0 radical (unpaired) electrons. The van der Waals surface area contributed by atoms with Crippen molar-refractivity contribution in [1.29, 1.82) is 0 Å². The van der Waals surface area contributed by atoms with Gasteiger partial charge >= 0.3 is 0 Å². The van der Waals surface area contributed by atoms with Crippen LogP contribution in [0, 0.1) is 0 Å². The molecule has 1 saturated heterocycles. The van der Waals surface area contributed by atoms with Gasteiger partial charge in [-0.1, -0.05) is 18.6 Å². The summed E-state index contributed by atoms with van der Waals surface area (Å²) >= 11 is 0. The maximum atomic E-state index is 3.60. The minimum atomic E-state index is 0. The quantitative estimate of drug-likeness (QED) is 0.894. The van der Waals surface area contributed by atoms with Crippen LogP contribution in [-0.4, -0.2) is 19.6 Å². The van der Waals surface area contributed by atoms with E-state index >= 15 is 0 Å². The molecule has 0 saturated carbocycles. The summed E-state index contributed by atoms with van der Waals surface area (Å²) in [5.74, 6) is 0. The first-order valence-electron chi connectivity index (χ1n) is 6.93. The lowest BCUT2D eigenvalue weighted by atomic mass is 9.97. The van der Waals surface area contributed by atoms with Gasteiger partial charge < -0.3 is 10.2 Å². The molecule has 102 valence electrons. The largest absolute Gasteiger partial charge is 0.372 e. The standard InChI is InChI=1S/C15H24N2.ClH/c1-3-17(4-2)14-10-8-13(9-11-14)15-7-5-6-12-16-15;/h8-11,15-16H,3-7,12H2,1-2H3;1H/t15-;/m1./s1. The first-order chi connectivity index (χ1) is 8.35.